The van der Waals surface area contributed by atoms with Crippen LogP contribution in [0.15, 0.2) is 0 Å². The average Bonchev–Trinajstić information content (AvgIpc) is 2.95. The largest absolute Gasteiger partial charge is 0.481 e. The summed E-state index contributed by atoms with van der Waals surface area (Å²) in [5.41, 5.74) is 0. The van der Waals surface area contributed by atoms with Gasteiger partial charge in [-0.2, -0.15) is 0 Å². The Balaban J connectivity index is 2.14. The number of nitrogens with one attached hydrogen (secondary N) is 1. The van der Waals surface area contributed by atoms with Crippen LogP contribution in [0.25, 0.3) is 0 Å². The van der Waals surface area contributed by atoms with Gasteiger partial charge in [-0.05, 0) is 24.7 Å². The van der Waals surface area contributed by atoms with Crippen LogP contribution in [-0.2, 0) is 9.59 Å². The lowest BCUT2D eigenvalue weighted by Crippen LogP contribution is -2.30. The maximum atomic E-state index is 11.3. The third kappa shape index (κ3) is 5.40. The van der Waals surface area contributed by atoms with Crippen LogP contribution in [0, 0.1) is 11.8 Å². The number of carbonyl (C=O) groups is 2. The lowest BCUT2D eigenvalue weighted by Gasteiger charge is -2.13. The molecule has 0 radical (unpaired) electrons. The third-order valence-electron chi connectivity index (χ3n) is 2.80. The molecule has 2 N–H and O–H groups in total. The summed E-state index contributed by atoms with van der Waals surface area (Å²) >= 11 is 0. The van der Waals surface area contributed by atoms with Crippen molar-refractivity contribution in [2.75, 3.05) is 6.54 Å². The molecule has 1 aliphatic carbocycles. The van der Waals surface area contributed by atoms with Gasteiger partial charge >= 0.3 is 5.97 Å². The van der Waals surface area contributed by atoms with Gasteiger partial charge in [0.25, 0.3) is 0 Å². The van der Waals surface area contributed by atoms with E-state index >= 15 is 0 Å². The molecule has 1 fully saturated rings. The number of rotatable bonds is 7. The van der Waals surface area contributed by atoms with Crippen molar-refractivity contribution in [1.82, 2.24) is 5.32 Å². The maximum absolute atomic E-state index is 11.3. The first kappa shape index (κ1) is 12.0. The molecule has 4 heteroatoms. The summed E-state index contributed by atoms with van der Waals surface area (Å²) in [4.78, 5) is 21.8. The van der Waals surface area contributed by atoms with Crippen molar-refractivity contribution >= 4 is 11.9 Å². The van der Waals surface area contributed by atoms with Crippen LogP contribution in [0.3, 0.4) is 0 Å². The minimum Gasteiger partial charge on any atom is -0.481 e. The summed E-state index contributed by atoms with van der Waals surface area (Å²) < 4.78 is 0. The number of carbonyl (C=O) groups excluding carboxylic acids is 1. The Morgan fingerprint density at radius 1 is 1.47 bits per heavy atom. The van der Waals surface area contributed by atoms with E-state index in [0.29, 0.717) is 18.9 Å². The average molecular weight is 213 g/mol. The van der Waals surface area contributed by atoms with Crippen LogP contribution in [-0.4, -0.2) is 23.5 Å². The Kier molecular flexibility index (Phi) is 4.59. The summed E-state index contributed by atoms with van der Waals surface area (Å²) in [6, 6.07) is 0. The van der Waals surface area contributed by atoms with Gasteiger partial charge in [0, 0.05) is 19.4 Å². The SMILES string of the molecule is CCC(CNC(=O)CC1CC1)CC(=O)O. The Hall–Kier alpha value is -1.06. The van der Waals surface area contributed by atoms with Gasteiger partial charge in [-0.3, -0.25) is 9.59 Å². The first-order valence-corrected chi connectivity index (χ1v) is 5.60. The number of amides is 1. The van der Waals surface area contributed by atoms with Gasteiger partial charge in [-0.25, -0.2) is 0 Å². The standard InChI is InChI=1S/C11H19NO3/c1-2-8(6-11(14)15)7-12-10(13)5-9-3-4-9/h8-9H,2-7H2,1H3,(H,12,13)(H,14,15). The first-order chi connectivity index (χ1) is 7.11. The predicted octanol–water partition coefficient (Wildman–Crippen LogP) is 1.40. The molecule has 0 aromatic rings. The van der Waals surface area contributed by atoms with Crippen LogP contribution >= 0.6 is 0 Å². The summed E-state index contributed by atoms with van der Waals surface area (Å²) in [6.07, 6.45) is 3.87. The van der Waals surface area contributed by atoms with E-state index in [2.05, 4.69) is 5.32 Å². The molecule has 0 bridgehead atoms. The van der Waals surface area contributed by atoms with Gasteiger partial charge in [0.2, 0.25) is 5.91 Å². The normalized spacial score (nSPS) is 17.1. The van der Waals surface area contributed by atoms with Crippen LogP contribution in [0.5, 0.6) is 0 Å². The van der Waals surface area contributed by atoms with Crippen LogP contribution < -0.4 is 5.32 Å². The summed E-state index contributed by atoms with van der Waals surface area (Å²) in [7, 11) is 0. The molecule has 0 saturated heterocycles. The summed E-state index contributed by atoms with van der Waals surface area (Å²) in [6.45, 7) is 2.44. The second-order valence-corrected chi connectivity index (χ2v) is 4.32. The first-order valence-electron chi connectivity index (χ1n) is 5.60. The van der Waals surface area contributed by atoms with E-state index in [1.54, 1.807) is 0 Å². The van der Waals surface area contributed by atoms with Crippen LogP contribution in [0.2, 0.25) is 0 Å². The molecule has 1 saturated carbocycles. The molecule has 1 aliphatic rings. The van der Waals surface area contributed by atoms with Crippen LogP contribution in [0.1, 0.15) is 39.0 Å². The summed E-state index contributed by atoms with van der Waals surface area (Å²) in [5, 5.41) is 11.4. The zero-order valence-corrected chi connectivity index (χ0v) is 9.16. The highest BCUT2D eigenvalue weighted by Gasteiger charge is 2.24. The Labute approximate surface area is 90.0 Å². The van der Waals surface area contributed by atoms with Gasteiger partial charge in [-0.15, -0.1) is 0 Å². The number of hydrogen-bond acceptors (Lipinski definition) is 2. The van der Waals surface area contributed by atoms with Crippen LogP contribution in [0.4, 0.5) is 0 Å². The fraction of sp³-hybridized carbons (Fsp3) is 0.818. The lowest BCUT2D eigenvalue weighted by atomic mass is 10.0. The molecule has 0 aromatic carbocycles. The van der Waals surface area contributed by atoms with E-state index in [1.807, 2.05) is 6.92 Å². The number of carboxylic acid groups (broad SMARTS) is 1. The molecule has 0 spiro atoms. The molecule has 0 aliphatic heterocycles. The molecule has 1 amide bonds. The lowest BCUT2D eigenvalue weighted by molar-refractivity contribution is -0.138. The van der Waals surface area contributed by atoms with Crippen molar-refractivity contribution in [2.45, 2.75) is 39.0 Å². The van der Waals surface area contributed by atoms with E-state index in [-0.39, 0.29) is 18.2 Å². The zero-order chi connectivity index (χ0) is 11.3. The number of carboxylic acids is 1. The maximum Gasteiger partial charge on any atom is 0.303 e. The van der Waals surface area contributed by atoms with E-state index in [1.165, 1.54) is 12.8 Å². The molecular weight excluding hydrogens is 194 g/mol. The summed E-state index contributed by atoms with van der Waals surface area (Å²) in [5.74, 6) is -0.0742. The quantitative estimate of drug-likeness (QED) is 0.671. The molecule has 0 aromatic heterocycles. The zero-order valence-electron chi connectivity index (χ0n) is 9.16. The highest BCUT2D eigenvalue weighted by Crippen LogP contribution is 2.32. The monoisotopic (exact) mass is 213 g/mol. The second-order valence-electron chi connectivity index (χ2n) is 4.32. The van der Waals surface area contributed by atoms with Crippen molar-refractivity contribution in [1.29, 1.82) is 0 Å². The third-order valence-corrected chi connectivity index (χ3v) is 2.80. The van der Waals surface area contributed by atoms with Gasteiger partial charge in [0.05, 0.1) is 0 Å². The Morgan fingerprint density at radius 3 is 2.60 bits per heavy atom. The molecule has 1 atom stereocenters. The van der Waals surface area contributed by atoms with E-state index in [9.17, 15) is 9.59 Å². The highest BCUT2D eigenvalue weighted by molar-refractivity contribution is 5.76. The topological polar surface area (TPSA) is 66.4 Å². The predicted molar refractivity (Wildman–Crippen MR) is 56.4 cm³/mol. The molecule has 4 nitrogen and oxygen atoms in total. The second kappa shape index (κ2) is 5.73. The van der Waals surface area contributed by atoms with Crippen molar-refractivity contribution in [3.05, 3.63) is 0 Å². The van der Waals surface area contributed by atoms with Crippen molar-refractivity contribution in [3.63, 3.8) is 0 Å². The molecule has 1 unspecified atom stereocenters. The van der Waals surface area contributed by atoms with Crippen molar-refractivity contribution in [2.24, 2.45) is 11.8 Å². The molecular formula is C11H19NO3. The minimum absolute atomic E-state index is 0.0608. The fourth-order valence-electron chi connectivity index (χ4n) is 1.52. The van der Waals surface area contributed by atoms with E-state index in [4.69, 9.17) is 5.11 Å². The highest BCUT2D eigenvalue weighted by atomic mass is 16.4. The van der Waals surface area contributed by atoms with Crippen molar-refractivity contribution < 1.29 is 14.7 Å². The smallest absolute Gasteiger partial charge is 0.303 e. The minimum atomic E-state index is -0.793. The number of hydrogen-bond donors (Lipinski definition) is 2. The van der Waals surface area contributed by atoms with Gasteiger partial charge in [0.1, 0.15) is 0 Å². The van der Waals surface area contributed by atoms with E-state index < -0.39 is 5.97 Å². The molecule has 1 rings (SSSR count). The molecule has 15 heavy (non-hydrogen) atoms. The molecule has 86 valence electrons. The van der Waals surface area contributed by atoms with Gasteiger partial charge < -0.3 is 10.4 Å². The van der Waals surface area contributed by atoms with Gasteiger partial charge in [0.15, 0.2) is 0 Å². The van der Waals surface area contributed by atoms with Crippen molar-refractivity contribution in [3.8, 4) is 0 Å². The number of aliphatic carboxylic acids is 1. The fourth-order valence-corrected chi connectivity index (χ4v) is 1.52. The van der Waals surface area contributed by atoms with Gasteiger partial charge in [-0.1, -0.05) is 13.3 Å². The Bertz CT molecular complexity index is 236. The molecule has 0 heterocycles. The van der Waals surface area contributed by atoms with E-state index in [0.717, 1.165) is 6.42 Å². The Morgan fingerprint density at radius 2 is 2.13 bits per heavy atom.